The maximum Gasteiger partial charge on any atom is 0.263 e. The summed E-state index contributed by atoms with van der Waals surface area (Å²) in [6.07, 6.45) is -0.508. The first-order valence-electron chi connectivity index (χ1n) is 6.40. The molecule has 0 spiro atoms. The number of aryl methyl sites for hydroxylation is 1. The zero-order valence-corrected chi connectivity index (χ0v) is 11.9. The molecule has 1 atom stereocenters. The number of hydrogen-bond acceptors (Lipinski definition) is 5. The number of fused-ring (bicyclic) bond motifs is 1. The number of para-hydroxylation sites is 2. The summed E-state index contributed by atoms with van der Waals surface area (Å²) in [6.45, 7) is 2.85. The first-order chi connectivity index (χ1) is 9.72. The number of amides is 1. The van der Waals surface area contributed by atoms with Crippen molar-refractivity contribution in [2.45, 2.75) is 19.6 Å². The van der Waals surface area contributed by atoms with Gasteiger partial charge in [-0.05, 0) is 19.1 Å². The Hall–Kier alpha value is -2.08. The van der Waals surface area contributed by atoms with Gasteiger partial charge in [-0.2, -0.15) is 0 Å². The molecular formula is C14H15N3O2S. The molecule has 2 aromatic rings. The maximum atomic E-state index is 12.1. The van der Waals surface area contributed by atoms with Gasteiger partial charge < -0.3 is 15.4 Å². The van der Waals surface area contributed by atoms with Crippen molar-refractivity contribution in [3.8, 4) is 5.75 Å². The van der Waals surface area contributed by atoms with Gasteiger partial charge in [-0.15, -0.1) is 11.3 Å². The Morgan fingerprint density at radius 2 is 2.40 bits per heavy atom. The number of benzene rings is 1. The first-order valence-corrected chi connectivity index (χ1v) is 7.28. The van der Waals surface area contributed by atoms with Crippen molar-refractivity contribution in [3.63, 3.8) is 0 Å². The quantitative estimate of drug-likeness (QED) is 0.906. The molecule has 6 heteroatoms. The van der Waals surface area contributed by atoms with Gasteiger partial charge in [0.25, 0.3) is 5.91 Å². The van der Waals surface area contributed by atoms with Gasteiger partial charge in [0.2, 0.25) is 0 Å². The Bertz CT molecular complexity index is 626. The molecule has 0 saturated heterocycles. The van der Waals surface area contributed by atoms with Gasteiger partial charge in [-0.1, -0.05) is 12.1 Å². The number of carbonyl (C=O) groups is 1. The zero-order valence-electron chi connectivity index (χ0n) is 11.1. The number of nitrogens with zero attached hydrogens (tertiary/aromatic N) is 1. The Kier molecular flexibility index (Phi) is 3.56. The van der Waals surface area contributed by atoms with E-state index < -0.39 is 6.10 Å². The van der Waals surface area contributed by atoms with Crippen molar-refractivity contribution in [1.29, 1.82) is 0 Å². The van der Waals surface area contributed by atoms with E-state index in [1.807, 2.05) is 36.6 Å². The third-order valence-corrected chi connectivity index (χ3v) is 3.97. The van der Waals surface area contributed by atoms with Crippen LogP contribution in [0.2, 0.25) is 0 Å². The molecular weight excluding hydrogens is 274 g/mol. The van der Waals surface area contributed by atoms with E-state index in [-0.39, 0.29) is 5.91 Å². The predicted octanol–water partition coefficient (Wildman–Crippen LogP) is 1.94. The van der Waals surface area contributed by atoms with Gasteiger partial charge in [0, 0.05) is 11.1 Å². The highest BCUT2D eigenvalue weighted by atomic mass is 32.1. The van der Waals surface area contributed by atoms with E-state index in [2.05, 4.69) is 15.6 Å². The molecule has 1 aromatic carbocycles. The molecule has 5 nitrogen and oxygen atoms in total. The molecule has 0 bridgehead atoms. The van der Waals surface area contributed by atoms with Crippen molar-refractivity contribution in [2.24, 2.45) is 0 Å². The summed E-state index contributed by atoms with van der Waals surface area (Å²) in [5.74, 6) is 0.587. The van der Waals surface area contributed by atoms with E-state index >= 15 is 0 Å². The maximum absolute atomic E-state index is 12.1. The average molecular weight is 289 g/mol. The summed E-state index contributed by atoms with van der Waals surface area (Å²) in [6, 6.07) is 7.60. The molecule has 20 heavy (non-hydrogen) atoms. The topological polar surface area (TPSA) is 63.2 Å². The zero-order chi connectivity index (χ0) is 13.9. The molecule has 0 radical (unpaired) electrons. The van der Waals surface area contributed by atoms with Crippen LogP contribution in [0.15, 0.2) is 29.6 Å². The Balaban J connectivity index is 1.59. The predicted molar refractivity (Wildman–Crippen MR) is 78.0 cm³/mol. The van der Waals surface area contributed by atoms with Gasteiger partial charge in [-0.25, -0.2) is 4.98 Å². The van der Waals surface area contributed by atoms with Crippen LogP contribution in [0.1, 0.15) is 10.7 Å². The van der Waals surface area contributed by atoms with Crippen LogP contribution in [-0.4, -0.2) is 23.5 Å². The third-order valence-electron chi connectivity index (χ3n) is 3.01. The van der Waals surface area contributed by atoms with Crippen molar-refractivity contribution in [3.05, 3.63) is 40.3 Å². The second kappa shape index (κ2) is 5.50. The van der Waals surface area contributed by atoms with Gasteiger partial charge in [0.05, 0.1) is 18.8 Å². The van der Waals surface area contributed by atoms with E-state index in [1.54, 1.807) is 11.3 Å². The highest BCUT2D eigenvalue weighted by molar-refractivity contribution is 7.09. The summed E-state index contributed by atoms with van der Waals surface area (Å²) in [4.78, 5) is 16.4. The molecule has 2 N–H and O–H groups in total. The lowest BCUT2D eigenvalue weighted by Gasteiger charge is -2.26. The smallest absolute Gasteiger partial charge is 0.263 e. The summed E-state index contributed by atoms with van der Waals surface area (Å²) < 4.78 is 5.70. The molecule has 1 aliphatic rings. The Labute approximate surface area is 121 Å². The number of carbonyl (C=O) groups excluding carboxylic acids is 1. The minimum atomic E-state index is -0.508. The summed E-state index contributed by atoms with van der Waals surface area (Å²) in [5.41, 5.74) is 1.90. The first kappa shape index (κ1) is 12.9. The Morgan fingerprint density at radius 3 is 3.20 bits per heavy atom. The fraction of sp³-hybridized carbons (Fsp3) is 0.286. The number of ether oxygens (including phenoxy) is 1. The van der Waals surface area contributed by atoms with Gasteiger partial charge in [0.15, 0.2) is 6.10 Å². The second-order valence-corrected chi connectivity index (χ2v) is 5.53. The fourth-order valence-corrected chi connectivity index (χ4v) is 2.73. The molecule has 0 aliphatic carbocycles. The number of anilines is 1. The number of thiazole rings is 1. The molecule has 2 heterocycles. The van der Waals surface area contributed by atoms with Gasteiger partial charge in [0.1, 0.15) is 10.8 Å². The average Bonchev–Trinajstić information content (AvgIpc) is 2.90. The lowest BCUT2D eigenvalue weighted by molar-refractivity contribution is -0.127. The van der Waals surface area contributed by atoms with Crippen molar-refractivity contribution < 1.29 is 9.53 Å². The normalized spacial score (nSPS) is 16.8. The molecule has 3 rings (SSSR count). The minimum Gasteiger partial charge on any atom is -0.477 e. The highest BCUT2D eigenvalue weighted by Crippen LogP contribution is 2.28. The molecule has 1 aliphatic heterocycles. The molecule has 1 aromatic heterocycles. The minimum absolute atomic E-state index is 0.125. The molecule has 104 valence electrons. The van der Waals surface area contributed by atoms with E-state index in [1.165, 1.54) is 0 Å². The number of hydrogen-bond donors (Lipinski definition) is 2. The lowest BCUT2D eigenvalue weighted by Crippen LogP contribution is -2.44. The van der Waals surface area contributed by atoms with Crippen molar-refractivity contribution in [2.75, 3.05) is 11.9 Å². The summed E-state index contributed by atoms with van der Waals surface area (Å²) >= 11 is 1.54. The van der Waals surface area contributed by atoms with Crippen LogP contribution < -0.4 is 15.4 Å². The van der Waals surface area contributed by atoms with Crippen LogP contribution in [0.3, 0.4) is 0 Å². The highest BCUT2D eigenvalue weighted by Gasteiger charge is 2.25. The molecule has 1 amide bonds. The van der Waals surface area contributed by atoms with Crippen LogP contribution in [0.25, 0.3) is 0 Å². The standard InChI is InChI=1S/C14H15N3O2S/c1-9-8-20-13(17-9)7-16-14(18)12-6-15-10-4-2-3-5-11(10)19-12/h2-5,8,12,15H,6-7H2,1H3,(H,16,18). The van der Waals surface area contributed by atoms with E-state index in [9.17, 15) is 4.79 Å². The third kappa shape index (κ3) is 2.75. The number of rotatable bonds is 3. The van der Waals surface area contributed by atoms with Crippen LogP contribution >= 0.6 is 11.3 Å². The monoisotopic (exact) mass is 289 g/mol. The summed E-state index contributed by atoms with van der Waals surface area (Å²) in [5, 5.41) is 8.93. The largest absolute Gasteiger partial charge is 0.477 e. The molecule has 1 unspecified atom stereocenters. The van der Waals surface area contributed by atoms with E-state index in [4.69, 9.17) is 4.74 Å². The Morgan fingerprint density at radius 1 is 1.55 bits per heavy atom. The van der Waals surface area contributed by atoms with Crippen molar-refractivity contribution in [1.82, 2.24) is 10.3 Å². The number of nitrogens with one attached hydrogen (secondary N) is 2. The van der Waals surface area contributed by atoms with Crippen LogP contribution in [-0.2, 0) is 11.3 Å². The van der Waals surface area contributed by atoms with Gasteiger partial charge in [-0.3, -0.25) is 4.79 Å². The lowest BCUT2D eigenvalue weighted by atomic mass is 10.2. The fourth-order valence-electron chi connectivity index (χ4n) is 2.02. The molecule has 0 saturated carbocycles. The van der Waals surface area contributed by atoms with Gasteiger partial charge >= 0.3 is 0 Å². The van der Waals surface area contributed by atoms with E-state index in [0.29, 0.717) is 18.8 Å². The molecule has 0 fully saturated rings. The van der Waals surface area contributed by atoms with E-state index in [0.717, 1.165) is 16.4 Å². The second-order valence-electron chi connectivity index (χ2n) is 4.58. The van der Waals surface area contributed by atoms with Crippen LogP contribution in [0.4, 0.5) is 5.69 Å². The summed E-state index contributed by atoms with van der Waals surface area (Å²) in [7, 11) is 0. The SMILES string of the molecule is Cc1csc(CNC(=O)C2CNc3ccccc3O2)n1. The van der Waals surface area contributed by atoms with Crippen LogP contribution in [0.5, 0.6) is 5.75 Å². The van der Waals surface area contributed by atoms with Crippen LogP contribution in [0, 0.1) is 6.92 Å². The van der Waals surface area contributed by atoms with Crippen molar-refractivity contribution >= 4 is 22.9 Å². The number of aromatic nitrogens is 1.